The van der Waals surface area contributed by atoms with E-state index in [1.807, 2.05) is 18.7 Å². The van der Waals surface area contributed by atoms with E-state index in [9.17, 15) is 17.6 Å². The molecule has 206 valence electrons. The summed E-state index contributed by atoms with van der Waals surface area (Å²) in [5.41, 5.74) is 6.39. The van der Waals surface area contributed by atoms with Crippen LogP contribution in [0.1, 0.15) is 46.8 Å². The smallest absolute Gasteiger partial charge is 0.203 e. The Morgan fingerprint density at radius 2 is 1.89 bits per heavy atom. The van der Waals surface area contributed by atoms with Crippen molar-refractivity contribution in [3.05, 3.63) is 59.9 Å². The third-order valence-electron chi connectivity index (χ3n) is 6.44. The minimum Gasteiger partial charge on any atom is -0.493 e. The van der Waals surface area contributed by atoms with Gasteiger partial charge in [0.15, 0.2) is 10.8 Å². The Labute approximate surface area is 225 Å². The minimum absolute atomic E-state index is 0. The van der Waals surface area contributed by atoms with Crippen molar-refractivity contribution in [1.82, 2.24) is 9.97 Å². The zero-order valence-electron chi connectivity index (χ0n) is 21.9. The van der Waals surface area contributed by atoms with E-state index in [0.717, 1.165) is 12.8 Å². The lowest BCUT2D eigenvalue weighted by Crippen LogP contribution is -2.35. The van der Waals surface area contributed by atoms with Crippen molar-refractivity contribution < 1.29 is 25.2 Å². The third-order valence-corrected chi connectivity index (χ3v) is 7.95. The van der Waals surface area contributed by atoms with Crippen LogP contribution in [0.15, 0.2) is 53.6 Å². The maximum atomic E-state index is 14.9. The Bertz CT molecular complexity index is 1430. The summed E-state index contributed by atoms with van der Waals surface area (Å²) in [6.07, 6.45) is 1.80. The quantitative estimate of drug-likeness (QED) is 0.362. The number of sulfone groups is 1. The zero-order valence-corrected chi connectivity index (χ0v) is 22.7. The first-order valence-electron chi connectivity index (χ1n) is 12.7. The zero-order chi connectivity index (χ0) is 27.4. The molecule has 0 bridgehead atoms. The van der Waals surface area contributed by atoms with Crippen molar-refractivity contribution in [2.75, 3.05) is 36.1 Å². The number of rotatable bonds is 9. The number of anilines is 2. The second-order valence-electron chi connectivity index (χ2n) is 10.2. The van der Waals surface area contributed by atoms with Crippen LogP contribution in [0.4, 0.5) is 16.0 Å². The number of ether oxygens (including phenoxy) is 1. The van der Waals surface area contributed by atoms with Gasteiger partial charge in [0.1, 0.15) is 29.0 Å². The predicted molar refractivity (Wildman–Crippen MR) is 150 cm³/mol. The lowest BCUT2D eigenvalue weighted by Gasteiger charge is -2.32. The van der Waals surface area contributed by atoms with Crippen LogP contribution in [0.2, 0.25) is 0 Å². The van der Waals surface area contributed by atoms with E-state index in [-0.39, 0.29) is 24.8 Å². The first-order chi connectivity index (χ1) is 18.0. The van der Waals surface area contributed by atoms with Gasteiger partial charge in [-0.3, -0.25) is 4.79 Å². The number of carbonyl (C=O) groups excluding carboxylic acids is 1. The predicted octanol–water partition coefficient (Wildman–Crippen LogP) is 5.28. The van der Waals surface area contributed by atoms with Gasteiger partial charge in [0.25, 0.3) is 0 Å². The van der Waals surface area contributed by atoms with Gasteiger partial charge in [0.2, 0.25) is 9.84 Å². The Morgan fingerprint density at radius 1 is 1.16 bits per heavy atom. The van der Waals surface area contributed by atoms with Gasteiger partial charge >= 0.3 is 0 Å². The van der Waals surface area contributed by atoms with Gasteiger partial charge in [-0.15, -0.1) is 0 Å². The van der Waals surface area contributed by atoms with Gasteiger partial charge in [0.05, 0.1) is 17.9 Å². The third kappa shape index (κ3) is 6.48. The molecule has 10 heteroatoms. The molecule has 0 radical (unpaired) electrons. The number of Topliss-reactive ketones (excluding diaryl/α,β-unsaturated/α-hetero) is 1. The van der Waals surface area contributed by atoms with E-state index in [1.54, 1.807) is 18.2 Å². The summed E-state index contributed by atoms with van der Waals surface area (Å²) in [4.78, 5) is 23.9. The van der Waals surface area contributed by atoms with E-state index in [2.05, 4.69) is 11.9 Å². The van der Waals surface area contributed by atoms with Crippen LogP contribution in [-0.2, 0) is 9.84 Å². The monoisotopic (exact) mass is 544 g/mol. The number of nitrogen functional groups attached to an aromatic ring is 1. The van der Waals surface area contributed by atoms with Gasteiger partial charge in [0, 0.05) is 21.5 Å². The first kappa shape index (κ1) is 27.5. The molecular formula is C28H37FN4O4S. The number of nitrogens with two attached hydrogens (primary N) is 1. The van der Waals surface area contributed by atoms with Crippen LogP contribution < -0.4 is 15.4 Å². The topological polar surface area (TPSA) is 115 Å². The van der Waals surface area contributed by atoms with Crippen LogP contribution >= 0.6 is 0 Å². The summed E-state index contributed by atoms with van der Waals surface area (Å²) in [6.45, 7) is 8.01. The molecule has 38 heavy (non-hydrogen) atoms. The Hall–Kier alpha value is -3.53. The van der Waals surface area contributed by atoms with E-state index in [0.29, 0.717) is 48.8 Å². The highest BCUT2D eigenvalue weighted by atomic mass is 32.2. The largest absolute Gasteiger partial charge is 0.493 e. The van der Waals surface area contributed by atoms with Crippen LogP contribution in [0, 0.1) is 17.7 Å². The molecule has 1 fully saturated rings. The summed E-state index contributed by atoms with van der Waals surface area (Å²) in [5, 5.41) is -0.260. The molecule has 4 rings (SSSR count). The normalized spacial score (nSPS) is 14.6. The van der Waals surface area contributed by atoms with Crippen molar-refractivity contribution in [3.8, 4) is 17.0 Å². The number of nitrogens with zero attached hydrogens (tertiary/aromatic N) is 3. The fourth-order valence-corrected chi connectivity index (χ4v) is 5.44. The van der Waals surface area contributed by atoms with Gasteiger partial charge in [-0.1, -0.05) is 26.8 Å². The molecular weight excluding hydrogens is 507 g/mol. The minimum atomic E-state index is -4.04. The summed E-state index contributed by atoms with van der Waals surface area (Å²) >= 11 is 0. The highest BCUT2D eigenvalue weighted by molar-refractivity contribution is 7.92. The van der Waals surface area contributed by atoms with E-state index >= 15 is 0 Å². The van der Waals surface area contributed by atoms with Crippen LogP contribution in [0.5, 0.6) is 5.75 Å². The van der Waals surface area contributed by atoms with Crippen LogP contribution in [-0.4, -0.2) is 49.6 Å². The number of piperidine rings is 1. The van der Waals surface area contributed by atoms with Crippen molar-refractivity contribution in [3.63, 3.8) is 0 Å². The number of carbonyl (C=O) groups is 1. The van der Waals surface area contributed by atoms with E-state index in [1.165, 1.54) is 30.3 Å². The first-order valence-corrected chi connectivity index (χ1v) is 14.4. The molecule has 0 spiro atoms. The number of pyridine rings is 2. The Morgan fingerprint density at radius 3 is 2.58 bits per heavy atom. The average molecular weight is 545 g/mol. The lowest BCUT2D eigenvalue weighted by molar-refractivity contribution is 0.102. The summed E-state index contributed by atoms with van der Waals surface area (Å²) in [6, 6.07) is 11.8. The fourth-order valence-electron chi connectivity index (χ4n) is 4.26. The number of aromatic nitrogens is 2. The van der Waals surface area contributed by atoms with Crippen LogP contribution in [0.3, 0.4) is 0 Å². The molecule has 3 heterocycles. The summed E-state index contributed by atoms with van der Waals surface area (Å²) in [5.74, 6) is -0.120. The molecule has 0 aliphatic carbocycles. The van der Waals surface area contributed by atoms with Gasteiger partial charge < -0.3 is 15.4 Å². The molecule has 0 saturated carbocycles. The molecule has 1 aliphatic rings. The second kappa shape index (κ2) is 11.5. The van der Waals surface area contributed by atoms with Crippen molar-refractivity contribution in [2.45, 2.75) is 38.6 Å². The van der Waals surface area contributed by atoms with Crippen molar-refractivity contribution >= 4 is 27.3 Å². The molecule has 8 nitrogen and oxygen atoms in total. The molecule has 1 aromatic carbocycles. The number of hydrogen-bond acceptors (Lipinski definition) is 8. The highest BCUT2D eigenvalue weighted by Gasteiger charge is 2.28. The lowest BCUT2D eigenvalue weighted by atomic mass is 9.98. The highest BCUT2D eigenvalue weighted by Crippen LogP contribution is 2.32. The van der Waals surface area contributed by atoms with Crippen molar-refractivity contribution in [2.24, 2.45) is 11.8 Å². The fraction of sp³-hybridized carbons (Fsp3) is 0.393. The van der Waals surface area contributed by atoms with Gasteiger partial charge in [-0.05, 0) is 67.1 Å². The molecule has 1 aliphatic heterocycles. The maximum absolute atomic E-state index is 14.9. The van der Waals surface area contributed by atoms with Gasteiger partial charge in [-0.25, -0.2) is 22.8 Å². The maximum Gasteiger partial charge on any atom is 0.203 e. The number of halogens is 1. The second-order valence-corrected chi connectivity index (χ2v) is 12.1. The number of benzene rings is 1. The molecule has 2 aromatic heterocycles. The summed E-state index contributed by atoms with van der Waals surface area (Å²) < 4.78 is 46.6. The molecule has 0 amide bonds. The molecule has 3 aromatic rings. The Kier molecular flexibility index (Phi) is 8.30. The molecule has 0 unspecified atom stereocenters. The van der Waals surface area contributed by atoms with Gasteiger partial charge in [-0.2, -0.15) is 0 Å². The molecule has 2 N–H and O–H groups in total. The average Bonchev–Trinajstić information content (AvgIpc) is 2.88. The Balaban J connectivity index is 0.00000280. The van der Waals surface area contributed by atoms with E-state index < -0.39 is 27.2 Å². The number of ketones is 1. The van der Waals surface area contributed by atoms with Crippen molar-refractivity contribution in [1.29, 1.82) is 0 Å². The standard InChI is InChI=1S/C28H33FN4O4S.2H2/c1-18(2)16-37-20-7-9-23(29)22(15-20)24-10-8-21(28(31-24)33-13-11-19(3)12-14-33)25(34)17-38(35,36)27-6-4-5-26(30)32-27;;/h4-10,15,18-19H,11-14,16-17H2,1-3H3,(H2,30,32);2*1H. The molecule has 1 saturated heterocycles. The molecule has 0 atom stereocenters. The summed E-state index contributed by atoms with van der Waals surface area (Å²) in [7, 11) is -4.04. The van der Waals surface area contributed by atoms with Crippen LogP contribution in [0.25, 0.3) is 11.3 Å². The van der Waals surface area contributed by atoms with E-state index in [4.69, 9.17) is 15.5 Å². The number of hydrogen-bond donors (Lipinski definition) is 1. The SMILES string of the molecule is CC(C)COc1ccc(F)c(-c2ccc(C(=O)CS(=O)(=O)c3cccc(N)n3)c(N3CCC(C)CC3)n2)c1.[HH].[HH].